The predicted octanol–water partition coefficient (Wildman–Crippen LogP) is 3.01. The van der Waals surface area contributed by atoms with E-state index in [1.165, 1.54) is 0 Å². The fourth-order valence-electron chi connectivity index (χ4n) is 2.21. The van der Waals surface area contributed by atoms with Crippen LogP contribution in [0.3, 0.4) is 0 Å². The monoisotopic (exact) mass is 288 g/mol. The van der Waals surface area contributed by atoms with Crippen molar-refractivity contribution in [3.05, 3.63) is 29.9 Å². The molecule has 0 aliphatic rings. The van der Waals surface area contributed by atoms with Crippen molar-refractivity contribution in [3.63, 3.8) is 0 Å². The lowest BCUT2D eigenvalue weighted by Crippen LogP contribution is -2.36. The number of hydrogen-bond donors (Lipinski definition) is 1. The van der Waals surface area contributed by atoms with Crippen molar-refractivity contribution in [3.8, 4) is 11.4 Å². The highest BCUT2D eigenvalue weighted by Crippen LogP contribution is 2.19. The fraction of sp³-hybridized carbons (Fsp3) is 0.562. The Kier molecular flexibility index (Phi) is 5.44. The second-order valence-corrected chi connectivity index (χ2v) is 5.71. The summed E-state index contributed by atoms with van der Waals surface area (Å²) in [7, 11) is 0. The van der Waals surface area contributed by atoms with Gasteiger partial charge in [0.2, 0.25) is 11.7 Å². The number of hydrogen-bond acceptors (Lipinski definition) is 5. The van der Waals surface area contributed by atoms with Crippen LogP contribution in [0.5, 0.6) is 0 Å². The van der Waals surface area contributed by atoms with Gasteiger partial charge in [-0.1, -0.05) is 25.9 Å². The molecule has 0 aromatic carbocycles. The number of rotatable bonds is 7. The van der Waals surface area contributed by atoms with E-state index in [1.54, 1.807) is 12.4 Å². The quantitative estimate of drug-likeness (QED) is 0.848. The molecule has 0 saturated heterocycles. The zero-order valence-corrected chi connectivity index (χ0v) is 13.3. The smallest absolute Gasteiger partial charge is 0.228 e. The topological polar surface area (TPSA) is 63.8 Å². The van der Waals surface area contributed by atoms with Crippen LogP contribution in [0, 0.1) is 12.8 Å². The molecule has 2 aromatic rings. The summed E-state index contributed by atoms with van der Waals surface area (Å²) in [6.07, 6.45) is 5.42. The molecule has 0 amide bonds. The van der Waals surface area contributed by atoms with Crippen molar-refractivity contribution >= 4 is 0 Å². The van der Waals surface area contributed by atoms with Crippen LogP contribution in [0.2, 0.25) is 0 Å². The van der Waals surface area contributed by atoms with Crippen molar-refractivity contribution in [1.29, 1.82) is 0 Å². The molecule has 114 valence electrons. The number of aryl methyl sites for hydroxylation is 1. The molecule has 5 nitrogen and oxygen atoms in total. The molecule has 5 heteroatoms. The molecule has 21 heavy (non-hydrogen) atoms. The third-order valence-electron chi connectivity index (χ3n) is 3.60. The molecule has 1 atom stereocenters. The van der Waals surface area contributed by atoms with Gasteiger partial charge in [-0.15, -0.1) is 0 Å². The van der Waals surface area contributed by atoms with Crippen molar-refractivity contribution in [2.45, 2.75) is 46.6 Å². The van der Waals surface area contributed by atoms with Crippen LogP contribution < -0.4 is 5.32 Å². The standard InChI is InChI=1S/C16H24N4O/c1-5-7-18-14(11(2)3)9-15-19-16(20-21-15)13-10-17-8-6-12(13)4/h6,8,10-11,14,18H,5,7,9H2,1-4H3. The first-order valence-electron chi connectivity index (χ1n) is 7.58. The maximum Gasteiger partial charge on any atom is 0.228 e. The second kappa shape index (κ2) is 7.31. The summed E-state index contributed by atoms with van der Waals surface area (Å²) in [5, 5.41) is 7.62. The Labute approximate surface area is 126 Å². The lowest BCUT2D eigenvalue weighted by atomic mass is 10.0. The summed E-state index contributed by atoms with van der Waals surface area (Å²) < 4.78 is 5.41. The van der Waals surface area contributed by atoms with Gasteiger partial charge in [-0.25, -0.2) is 0 Å². The normalized spacial score (nSPS) is 12.8. The highest BCUT2D eigenvalue weighted by Gasteiger charge is 2.18. The molecule has 0 aliphatic heterocycles. The van der Waals surface area contributed by atoms with E-state index in [1.807, 2.05) is 13.0 Å². The summed E-state index contributed by atoms with van der Waals surface area (Å²) in [5.74, 6) is 1.82. The number of nitrogens with zero attached hydrogens (tertiary/aromatic N) is 3. The Morgan fingerprint density at radius 1 is 1.33 bits per heavy atom. The minimum Gasteiger partial charge on any atom is -0.339 e. The predicted molar refractivity (Wildman–Crippen MR) is 82.9 cm³/mol. The van der Waals surface area contributed by atoms with Gasteiger partial charge < -0.3 is 9.84 Å². The first kappa shape index (κ1) is 15.6. The lowest BCUT2D eigenvalue weighted by Gasteiger charge is -2.20. The molecule has 0 radical (unpaired) electrons. The Hall–Kier alpha value is -1.75. The van der Waals surface area contributed by atoms with E-state index in [9.17, 15) is 0 Å². The zero-order chi connectivity index (χ0) is 15.2. The molecule has 0 spiro atoms. The van der Waals surface area contributed by atoms with E-state index >= 15 is 0 Å². The SMILES string of the molecule is CCCNC(Cc1nc(-c2cnccc2C)no1)C(C)C. The van der Waals surface area contributed by atoms with Crippen molar-refractivity contribution in [1.82, 2.24) is 20.4 Å². The highest BCUT2D eigenvalue weighted by atomic mass is 16.5. The van der Waals surface area contributed by atoms with Gasteiger partial charge in [0.15, 0.2) is 0 Å². The molecule has 1 unspecified atom stereocenters. The Balaban J connectivity index is 2.10. The van der Waals surface area contributed by atoms with Crippen LogP contribution in [0.25, 0.3) is 11.4 Å². The fourth-order valence-corrected chi connectivity index (χ4v) is 2.21. The molecule has 2 aromatic heterocycles. The first-order chi connectivity index (χ1) is 10.1. The first-order valence-corrected chi connectivity index (χ1v) is 7.58. The molecular formula is C16H24N4O. The largest absolute Gasteiger partial charge is 0.339 e. The minimum absolute atomic E-state index is 0.355. The summed E-state index contributed by atoms with van der Waals surface area (Å²) in [6, 6.07) is 2.30. The van der Waals surface area contributed by atoms with Gasteiger partial charge in [0.05, 0.1) is 0 Å². The molecule has 1 N–H and O–H groups in total. The third kappa shape index (κ3) is 4.11. The van der Waals surface area contributed by atoms with Crippen molar-refractivity contribution in [2.75, 3.05) is 6.54 Å². The van der Waals surface area contributed by atoms with E-state index in [4.69, 9.17) is 4.52 Å². The van der Waals surface area contributed by atoms with E-state index in [2.05, 4.69) is 41.2 Å². The van der Waals surface area contributed by atoms with Crippen LogP contribution in [0.15, 0.2) is 23.0 Å². The average Bonchev–Trinajstić information content (AvgIpc) is 2.92. The van der Waals surface area contributed by atoms with E-state index in [0.29, 0.717) is 23.7 Å². The van der Waals surface area contributed by atoms with Gasteiger partial charge >= 0.3 is 0 Å². The minimum atomic E-state index is 0.355. The number of aromatic nitrogens is 3. The molecule has 0 fully saturated rings. The van der Waals surface area contributed by atoms with E-state index < -0.39 is 0 Å². The van der Waals surface area contributed by atoms with E-state index in [-0.39, 0.29) is 0 Å². The Morgan fingerprint density at radius 3 is 2.81 bits per heavy atom. The van der Waals surface area contributed by atoms with Gasteiger partial charge in [0.1, 0.15) is 0 Å². The van der Waals surface area contributed by atoms with E-state index in [0.717, 1.165) is 30.5 Å². The molecule has 0 saturated carbocycles. The molecule has 0 bridgehead atoms. The highest BCUT2D eigenvalue weighted by molar-refractivity contribution is 5.57. The molecule has 2 heterocycles. The third-order valence-corrected chi connectivity index (χ3v) is 3.60. The van der Waals surface area contributed by atoms with Gasteiger partial charge in [-0.2, -0.15) is 4.98 Å². The zero-order valence-electron chi connectivity index (χ0n) is 13.3. The number of pyridine rings is 1. The summed E-state index contributed by atoms with van der Waals surface area (Å²) in [6.45, 7) is 9.60. The maximum absolute atomic E-state index is 5.41. The van der Waals surface area contributed by atoms with Gasteiger partial charge in [-0.05, 0) is 37.4 Å². The van der Waals surface area contributed by atoms with Gasteiger partial charge in [0.25, 0.3) is 0 Å². The maximum atomic E-state index is 5.41. The lowest BCUT2D eigenvalue weighted by molar-refractivity contribution is 0.326. The second-order valence-electron chi connectivity index (χ2n) is 5.71. The van der Waals surface area contributed by atoms with Crippen LogP contribution in [-0.2, 0) is 6.42 Å². The summed E-state index contributed by atoms with van der Waals surface area (Å²) in [4.78, 5) is 8.64. The average molecular weight is 288 g/mol. The number of nitrogens with one attached hydrogen (secondary N) is 1. The van der Waals surface area contributed by atoms with Crippen molar-refractivity contribution < 1.29 is 4.52 Å². The Morgan fingerprint density at radius 2 is 2.14 bits per heavy atom. The van der Waals surface area contributed by atoms with Gasteiger partial charge in [0, 0.05) is 30.4 Å². The molecule has 2 rings (SSSR count). The van der Waals surface area contributed by atoms with Crippen molar-refractivity contribution in [2.24, 2.45) is 5.92 Å². The Bertz CT molecular complexity index is 565. The van der Waals surface area contributed by atoms with Crippen LogP contribution in [-0.4, -0.2) is 27.7 Å². The molecular weight excluding hydrogens is 264 g/mol. The molecule has 0 aliphatic carbocycles. The van der Waals surface area contributed by atoms with Gasteiger partial charge in [-0.3, -0.25) is 4.98 Å². The van der Waals surface area contributed by atoms with Crippen LogP contribution in [0.4, 0.5) is 0 Å². The van der Waals surface area contributed by atoms with Crippen LogP contribution >= 0.6 is 0 Å². The summed E-state index contributed by atoms with van der Waals surface area (Å²) >= 11 is 0. The summed E-state index contributed by atoms with van der Waals surface area (Å²) in [5.41, 5.74) is 2.02. The van der Waals surface area contributed by atoms with Crippen LogP contribution in [0.1, 0.15) is 38.6 Å².